The van der Waals surface area contributed by atoms with Crippen molar-refractivity contribution in [1.82, 2.24) is 4.90 Å². The molecule has 0 rings (SSSR count). The minimum Gasteiger partial charge on any atom is -0.341 e. The standard InChI is InChI=1S/C11H21F3N2O/c1-7(9(2,3)4)16(6)8(17)10(5,15)11(12,13)14/h7H,15H2,1-6H3. The summed E-state index contributed by atoms with van der Waals surface area (Å²) in [6.45, 7) is 7.94. The zero-order chi connectivity index (χ0) is 14.2. The molecule has 0 saturated carbocycles. The van der Waals surface area contributed by atoms with Gasteiger partial charge in [-0.2, -0.15) is 13.2 Å². The largest absolute Gasteiger partial charge is 0.415 e. The number of halogens is 3. The Kier molecular flexibility index (Phi) is 4.27. The number of hydrogen-bond acceptors (Lipinski definition) is 2. The van der Waals surface area contributed by atoms with Gasteiger partial charge < -0.3 is 10.6 Å². The SMILES string of the molecule is CC(N(C)C(=O)C(C)(N)C(F)(F)F)C(C)(C)C. The second-order valence-corrected chi connectivity index (χ2v) is 5.66. The van der Waals surface area contributed by atoms with E-state index in [2.05, 4.69) is 0 Å². The molecular formula is C11H21F3N2O. The Morgan fingerprint density at radius 2 is 1.53 bits per heavy atom. The molecule has 2 unspecified atom stereocenters. The first kappa shape index (κ1) is 16.2. The second kappa shape index (κ2) is 4.48. The van der Waals surface area contributed by atoms with Crippen LogP contribution in [0.15, 0.2) is 0 Å². The molecule has 1 amide bonds. The highest BCUT2D eigenvalue weighted by Crippen LogP contribution is 2.31. The van der Waals surface area contributed by atoms with Crippen LogP contribution in [0.5, 0.6) is 0 Å². The monoisotopic (exact) mass is 254 g/mol. The lowest BCUT2D eigenvalue weighted by molar-refractivity contribution is -0.195. The molecule has 0 bridgehead atoms. The third-order valence-corrected chi connectivity index (χ3v) is 3.19. The number of nitrogens with zero attached hydrogens (tertiary/aromatic N) is 1. The maximum atomic E-state index is 12.6. The molecule has 3 nitrogen and oxygen atoms in total. The van der Waals surface area contributed by atoms with Crippen molar-refractivity contribution in [3.05, 3.63) is 0 Å². The van der Waals surface area contributed by atoms with E-state index in [0.717, 1.165) is 4.90 Å². The van der Waals surface area contributed by atoms with Gasteiger partial charge in [-0.15, -0.1) is 0 Å². The van der Waals surface area contributed by atoms with Crippen molar-refractivity contribution in [1.29, 1.82) is 0 Å². The highest BCUT2D eigenvalue weighted by atomic mass is 19.4. The summed E-state index contributed by atoms with van der Waals surface area (Å²) in [5, 5.41) is 0. The van der Waals surface area contributed by atoms with Gasteiger partial charge in [-0.1, -0.05) is 20.8 Å². The summed E-state index contributed by atoms with van der Waals surface area (Å²) in [4.78, 5) is 12.8. The van der Waals surface area contributed by atoms with E-state index in [1.54, 1.807) is 6.92 Å². The lowest BCUT2D eigenvalue weighted by Gasteiger charge is -2.39. The molecule has 0 fully saturated rings. The molecule has 0 saturated heterocycles. The molecule has 2 atom stereocenters. The number of nitrogens with two attached hydrogens (primary N) is 1. The van der Waals surface area contributed by atoms with Crippen LogP contribution in [0.1, 0.15) is 34.6 Å². The molecule has 0 aromatic carbocycles. The fraction of sp³-hybridized carbons (Fsp3) is 0.909. The van der Waals surface area contributed by atoms with Crippen molar-refractivity contribution in [2.75, 3.05) is 7.05 Å². The summed E-state index contributed by atoms with van der Waals surface area (Å²) < 4.78 is 37.9. The first-order valence-corrected chi connectivity index (χ1v) is 5.35. The molecule has 2 N–H and O–H groups in total. The van der Waals surface area contributed by atoms with Gasteiger partial charge in [-0.05, 0) is 19.3 Å². The van der Waals surface area contributed by atoms with Crippen molar-refractivity contribution >= 4 is 5.91 Å². The van der Waals surface area contributed by atoms with Crippen molar-refractivity contribution in [2.24, 2.45) is 11.1 Å². The molecule has 0 aliphatic carbocycles. The smallest absolute Gasteiger partial charge is 0.341 e. The third kappa shape index (κ3) is 3.34. The van der Waals surface area contributed by atoms with Crippen LogP contribution in [0.25, 0.3) is 0 Å². The number of rotatable bonds is 2. The fourth-order valence-electron chi connectivity index (χ4n) is 1.24. The molecule has 0 radical (unpaired) electrons. The van der Waals surface area contributed by atoms with Crippen LogP contribution in [0.2, 0.25) is 0 Å². The molecule has 0 aromatic heterocycles. The predicted octanol–water partition coefficient (Wildman–Crippen LogP) is 2.16. The lowest BCUT2D eigenvalue weighted by Crippen LogP contribution is -2.63. The minimum absolute atomic E-state index is 0.313. The van der Waals surface area contributed by atoms with Gasteiger partial charge in [0.1, 0.15) is 0 Å². The average molecular weight is 254 g/mol. The number of alkyl halides is 3. The molecular weight excluding hydrogens is 233 g/mol. The van der Waals surface area contributed by atoms with Crippen LogP contribution in [0.4, 0.5) is 13.2 Å². The summed E-state index contributed by atoms with van der Waals surface area (Å²) in [6.07, 6.45) is -4.75. The minimum atomic E-state index is -4.75. The number of amides is 1. The normalized spacial score (nSPS) is 18.5. The molecule has 0 spiro atoms. The molecule has 0 aliphatic heterocycles. The van der Waals surface area contributed by atoms with Crippen LogP contribution in [0, 0.1) is 5.41 Å². The van der Waals surface area contributed by atoms with E-state index in [1.165, 1.54) is 7.05 Å². The van der Waals surface area contributed by atoms with Crippen LogP contribution < -0.4 is 5.73 Å². The van der Waals surface area contributed by atoms with Gasteiger partial charge >= 0.3 is 6.18 Å². The van der Waals surface area contributed by atoms with E-state index in [9.17, 15) is 18.0 Å². The van der Waals surface area contributed by atoms with Crippen LogP contribution >= 0.6 is 0 Å². The van der Waals surface area contributed by atoms with E-state index in [-0.39, 0.29) is 11.5 Å². The van der Waals surface area contributed by atoms with Gasteiger partial charge in [-0.25, -0.2) is 0 Å². The number of hydrogen-bond donors (Lipinski definition) is 1. The Hall–Kier alpha value is -0.780. The lowest BCUT2D eigenvalue weighted by atomic mass is 9.86. The zero-order valence-electron chi connectivity index (χ0n) is 11.1. The molecule has 6 heteroatoms. The average Bonchev–Trinajstić information content (AvgIpc) is 2.10. The van der Waals surface area contributed by atoms with Gasteiger partial charge in [0.05, 0.1) is 0 Å². The second-order valence-electron chi connectivity index (χ2n) is 5.66. The summed E-state index contributed by atoms with van der Waals surface area (Å²) in [7, 11) is 1.34. The predicted molar refractivity (Wildman–Crippen MR) is 60.3 cm³/mol. The molecule has 17 heavy (non-hydrogen) atoms. The Labute approximate surface area is 100 Å². The van der Waals surface area contributed by atoms with Crippen molar-refractivity contribution in [3.8, 4) is 0 Å². The first-order valence-electron chi connectivity index (χ1n) is 5.35. The van der Waals surface area contributed by atoms with Crippen molar-refractivity contribution in [3.63, 3.8) is 0 Å². The number of carbonyl (C=O) groups excluding carboxylic acids is 1. The Balaban J connectivity index is 5.09. The summed E-state index contributed by atoms with van der Waals surface area (Å²) in [6, 6.07) is -0.347. The third-order valence-electron chi connectivity index (χ3n) is 3.19. The van der Waals surface area contributed by atoms with Crippen molar-refractivity contribution < 1.29 is 18.0 Å². The van der Waals surface area contributed by atoms with Crippen molar-refractivity contribution in [2.45, 2.75) is 52.4 Å². The van der Waals surface area contributed by atoms with Gasteiger partial charge in [0.15, 0.2) is 5.54 Å². The number of likely N-dealkylation sites (N-methyl/N-ethyl adjacent to an activating group) is 1. The van der Waals surface area contributed by atoms with Crippen LogP contribution in [-0.2, 0) is 4.79 Å². The van der Waals surface area contributed by atoms with E-state index in [1.807, 2.05) is 20.8 Å². The Morgan fingerprint density at radius 1 is 1.18 bits per heavy atom. The fourth-order valence-corrected chi connectivity index (χ4v) is 1.24. The first-order chi connectivity index (χ1) is 7.23. The Morgan fingerprint density at radius 3 is 1.76 bits per heavy atom. The molecule has 0 heterocycles. The van der Waals surface area contributed by atoms with Crippen LogP contribution in [0.3, 0.4) is 0 Å². The van der Waals surface area contributed by atoms with E-state index < -0.39 is 17.6 Å². The maximum Gasteiger partial charge on any atom is 0.415 e. The number of carbonyl (C=O) groups is 1. The Bertz CT molecular complexity index is 292. The molecule has 102 valence electrons. The summed E-state index contributed by atoms with van der Waals surface area (Å²) in [5.74, 6) is -1.12. The van der Waals surface area contributed by atoms with E-state index in [0.29, 0.717) is 6.92 Å². The molecule has 0 aromatic rings. The van der Waals surface area contributed by atoms with Gasteiger partial charge in [-0.3, -0.25) is 4.79 Å². The topological polar surface area (TPSA) is 46.3 Å². The zero-order valence-corrected chi connectivity index (χ0v) is 11.1. The highest BCUT2D eigenvalue weighted by Gasteiger charge is 2.55. The van der Waals surface area contributed by atoms with Gasteiger partial charge in [0.25, 0.3) is 5.91 Å². The van der Waals surface area contributed by atoms with Gasteiger partial charge in [0, 0.05) is 13.1 Å². The van der Waals surface area contributed by atoms with Crippen LogP contribution in [-0.4, -0.2) is 35.6 Å². The summed E-state index contributed by atoms with van der Waals surface area (Å²) >= 11 is 0. The maximum absolute atomic E-state index is 12.6. The summed E-state index contributed by atoms with van der Waals surface area (Å²) in [5.41, 5.74) is 1.94. The molecule has 0 aliphatic rings. The quantitative estimate of drug-likeness (QED) is 0.820. The van der Waals surface area contributed by atoms with E-state index in [4.69, 9.17) is 5.73 Å². The van der Waals surface area contributed by atoms with Gasteiger partial charge in [0.2, 0.25) is 0 Å². The highest BCUT2D eigenvalue weighted by molar-refractivity contribution is 5.86. The van der Waals surface area contributed by atoms with E-state index >= 15 is 0 Å².